The maximum absolute atomic E-state index is 15.4. The molecule has 0 spiro atoms. The molecule has 3 fully saturated rings. The van der Waals surface area contributed by atoms with E-state index in [2.05, 4.69) is 65.6 Å². The smallest absolute Gasteiger partial charge is 0.257 e. The lowest BCUT2D eigenvalue weighted by molar-refractivity contribution is -0.125. The maximum atomic E-state index is 15.4. The first-order chi connectivity index (χ1) is 22.3. The number of aryl methyl sites for hydroxylation is 1. The van der Waals surface area contributed by atoms with Crippen LogP contribution in [0.5, 0.6) is 0 Å². The highest BCUT2D eigenvalue weighted by molar-refractivity contribution is 5.98. The molecule has 2 aliphatic heterocycles. The molecule has 0 radical (unpaired) electrons. The largest absolute Gasteiger partial charge is 0.372 e. The molecule has 2 heterocycles. The van der Waals surface area contributed by atoms with E-state index >= 15 is 4.39 Å². The standard InChI is InChI=1S/C39H47FN4O2/c1-25-8-6-12-34(40)36(25)39(46)44-35-13-7-9-28(35)23-33(38(45)41-30-17-14-29-24-42(2)21-20-27(29)22-30)37(44)26-15-18-32(19-16-26)43(3)31-10-4-5-11-31/h6,8,12,14-19,22,28,31,33,35,37H,4-5,7,9-11,13,20-21,23-24H2,1-3H3,(H,41,45)/t28-,33?,35-,37?/m0/s1. The van der Waals surface area contributed by atoms with Crippen LogP contribution in [0.25, 0.3) is 0 Å². The molecular formula is C39H47FN4O2. The Morgan fingerprint density at radius 1 is 0.935 bits per heavy atom. The molecule has 2 aliphatic carbocycles. The average Bonchev–Trinajstić information content (AvgIpc) is 3.76. The highest BCUT2D eigenvalue weighted by atomic mass is 19.1. The minimum atomic E-state index is -0.502. The summed E-state index contributed by atoms with van der Waals surface area (Å²) in [5.74, 6) is -1.14. The Morgan fingerprint density at radius 2 is 1.72 bits per heavy atom. The van der Waals surface area contributed by atoms with Crippen LogP contribution >= 0.6 is 0 Å². The number of nitrogens with one attached hydrogen (secondary N) is 1. The van der Waals surface area contributed by atoms with E-state index < -0.39 is 17.8 Å². The zero-order valence-electron chi connectivity index (χ0n) is 27.5. The molecule has 3 aromatic rings. The van der Waals surface area contributed by atoms with Gasteiger partial charge in [0.2, 0.25) is 5.91 Å². The van der Waals surface area contributed by atoms with Crippen molar-refractivity contribution in [2.45, 2.75) is 89.4 Å². The lowest BCUT2D eigenvalue weighted by Gasteiger charge is -2.48. The Labute approximate surface area is 273 Å². The van der Waals surface area contributed by atoms with E-state index in [0.29, 0.717) is 18.0 Å². The van der Waals surface area contributed by atoms with Gasteiger partial charge in [-0.05, 0) is 111 Å². The highest BCUT2D eigenvalue weighted by Gasteiger charge is 2.50. The highest BCUT2D eigenvalue weighted by Crippen LogP contribution is 2.49. The van der Waals surface area contributed by atoms with E-state index in [1.807, 2.05) is 11.0 Å². The molecule has 4 atom stereocenters. The number of hydrogen-bond donors (Lipinski definition) is 1. The number of benzene rings is 3. The predicted octanol–water partition coefficient (Wildman–Crippen LogP) is 7.51. The van der Waals surface area contributed by atoms with E-state index in [-0.39, 0.29) is 29.3 Å². The first-order valence-electron chi connectivity index (χ1n) is 17.3. The Hall–Kier alpha value is -3.71. The second kappa shape index (κ2) is 12.8. The summed E-state index contributed by atoms with van der Waals surface area (Å²) in [7, 11) is 4.30. The molecular weight excluding hydrogens is 575 g/mol. The first-order valence-corrected chi connectivity index (χ1v) is 17.3. The van der Waals surface area contributed by atoms with Crippen LogP contribution in [0, 0.1) is 24.6 Å². The van der Waals surface area contributed by atoms with Crippen LogP contribution in [0.3, 0.4) is 0 Å². The molecule has 242 valence electrons. The van der Waals surface area contributed by atoms with Gasteiger partial charge in [0, 0.05) is 43.6 Å². The molecule has 0 bridgehead atoms. The molecule has 7 heteroatoms. The monoisotopic (exact) mass is 622 g/mol. The number of carbonyl (C=O) groups is 2. The lowest BCUT2D eigenvalue weighted by Crippen LogP contribution is -2.54. The van der Waals surface area contributed by atoms with Crippen LogP contribution in [0.2, 0.25) is 0 Å². The van der Waals surface area contributed by atoms with Crippen LogP contribution in [0.15, 0.2) is 60.7 Å². The van der Waals surface area contributed by atoms with Gasteiger partial charge in [-0.15, -0.1) is 0 Å². The summed E-state index contributed by atoms with van der Waals surface area (Å²) in [6.07, 6.45) is 9.45. The third kappa shape index (κ3) is 5.83. The van der Waals surface area contributed by atoms with Gasteiger partial charge in [0.1, 0.15) is 5.82 Å². The van der Waals surface area contributed by atoms with Crippen molar-refractivity contribution in [2.75, 3.05) is 30.9 Å². The van der Waals surface area contributed by atoms with Crippen molar-refractivity contribution in [3.8, 4) is 0 Å². The predicted molar refractivity (Wildman–Crippen MR) is 181 cm³/mol. The number of hydrogen-bond acceptors (Lipinski definition) is 4. The second-order valence-corrected chi connectivity index (χ2v) is 14.3. The molecule has 2 saturated carbocycles. The zero-order valence-corrected chi connectivity index (χ0v) is 27.5. The van der Waals surface area contributed by atoms with E-state index in [1.54, 1.807) is 19.1 Å². The number of likely N-dealkylation sites (tertiary alicyclic amines) is 1. The number of amides is 2. The van der Waals surface area contributed by atoms with Crippen molar-refractivity contribution in [3.63, 3.8) is 0 Å². The third-order valence-corrected chi connectivity index (χ3v) is 11.4. The third-order valence-electron chi connectivity index (χ3n) is 11.4. The van der Waals surface area contributed by atoms with Gasteiger partial charge in [0.25, 0.3) is 5.91 Å². The SMILES string of the molecule is Cc1cccc(F)c1C(=O)N1C(c2ccc(N(C)C3CCCC3)cc2)C(C(=O)Nc2ccc3c(c2)CCN(C)C3)C[C@@H]2CCC[C@@H]21. The van der Waals surface area contributed by atoms with Crippen LogP contribution < -0.4 is 10.2 Å². The Balaban J connectivity index is 1.26. The molecule has 1 saturated heterocycles. The van der Waals surface area contributed by atoms with E-state index in [9.17, 15) is 9.59 Å². The summed E-state index contributed by atoms with van der Waals surface area (Å²) in [6.45, 7) is 3.71. The summed E-state index contributed by atoms with van der Waals surface area (Å²) in [5, 5.41) is 3.27. The fourth-order valence-corrected chi connectivity index (χ4v) is 8.88. The van der Waals surface area contributed by atoms with Gasteiger partial charge in [-0.1, -0.05) is 49.6 Å². The van der Waals surface area contributed by atoms with Crippen LogP contribution in [0.4, 0.5) is 15.8 Å². The van der Waals surface area contributed by atoms with Crippen LogP contribution in [0.1, 0.15) is 90.0 Å². The minimum absolute atomic E-state index is 0.0258. The number of rotatable bonds is 6. The Bertz CT molecular complexity index is 1580. The number of halogens is 1. The lowest BCUT2D eigenvalue weighted by atomic mass is 9.76. The van der Waals surface area contributed by atoms with Crippen molar-refractivity contribution in [1.29, 1.82) is 0 Å². The number of nitrogens with zero attached hydrogens (tertiary/aromatic N) is 3. The van der Waals surface area contributed by atoms with Crippen molar-refractivity contribution < 1.29 is 14.0 Å². The summed E-state index contributed by atoms with van der Waals surface area (Å²) in [4.78, 5) is 35.6. The average molecular weight is 623 g/mol. The number of likely N-dealkylation sites (N-methyl/N-ethyl adjacent to an activating group) is 1. The summed E-state index contributed by atoms with van der Waals surface area (Å²) in [5.41, 5.74) is 6.21. The summed E-state index contributed by atoms with van der Waals surface area (Å²) < 4.78 is 15.4. The molecule has 6 nitrogen and oxygen atoms in total. The summed E-state index contributed by atoms with van der Waals surface area (Å²) >= 11 is 0. The summed E-state index contributed by atoms with van der Waals surface area (Å²) in [6, 6.07) is 19.6. The fraction of sp³-hybridized carbons (Fsp3) is 0.487. The van der Waals surface area contributed by atoms with E-state index in [4.69, 9.17) is 0 Å². The zero-order chi connectivity index (χ0) is 31.9. The van der Waals surface area contributed by atoms with Gasteiger partial charge in [-0.2, -0.15) is 0 Å². The minimum Gasteiger partial charge on any atom is -0.372 e. The van der Waals surface area contributed by atoms with Crippen molar-refractivity contribution in [2.24, 2.45) is 11.8 Å². The molecule has 7 rings (SSSR count). The molecule has 0 aromatic heterocycles. The van der Waals surface area contributed by atoms with Crippen LogP contribution in [-0.4, -0.2) is 54.3 Å². The number of fused-ring (bicyclic) bond motifs is 2. The van der Waals surface area contributed by atoms with Gasteiger partial charge in [-0.3, -0.25) is 9.59 Å². The Kier molecular flexibility index (Phi) is 8.62. The van der Waals surface area contributed by atoms with Crippen LogP contribution in [-0.2, 0) is 17.8 Å². The van der Waals surface area contributed by atoms with Gasteiger partial charge in [-0.25, -0.2) is 4.39 Å². The van der Waals surface area contributed by atoms with Gasteiger partial charge >= 0.3 is 0 Å². The molecule has 4 aliphatic rings. The van der Waals surface area contributed by atoms with Gasteiger partial charge in [0.05, 0.1) is 17.5 Å². The molecule has 3 aromatic carbocycles. The van der Waals surface area contributed by atoms with Gasteiger partial charge in [0.15, 0.2) is 0 Å². The number of carbonyl (C=O) groups excluding carboxylic acids is 2. The van der Waals surface area contributed by atoms with Crippen molar-refractivity contribution >= 4 is 23.2 Å². The first kappa shape index (κ1) is 30.9. The van der Waals surface area contributed by atoms with E-state index in [1.165, 1.54) is 42.9 Å². The topological polar surface area (TPSA) is 55.9 Å². The molecule has 2 amide bonds. The maximum Gasteiger partial charge on any atom is 0.257 e. The molecule has 1 N–H and O–H groups in total. The number of piperidine rings is 1. The number of anilines is 2. The van der Waals surface area contributed by atoms with Crippen molar-refractivity contribution in [3.05, 3.63) is 94.3 Å². The van der Waals surface area contributed by atoms with Gasteiger partial charge < -0.3 is 20.0 Å². The van der Waals surface area contributed by atoms with Crippen molar-refractivity contribution in [1.82, 2.24) is 9.80 Å². The second-order valence-electron chi connectivity index (χ2n) is 14.3. The van der Waals surface area contributed by atoms with E-state index in [0.717, 1.165) is 55.7 Å². The fourth-order valence-electron chi connectivity index (χ4n) is 8.88. The quantitative estimate of drug-likeness (QED) is 0.309. The molecule has 46 heavy (non-hydrogen) atoms. The Morgan fingerprint density at radius 3 is 2.48 bits per heavy atom. The molecule has 2 unspecified atom stereocenters. The normalized spacial score (nSPS) is 24.8.